The van der Waals surface area contributed by atoms with Crippen LogP contribution < -0.4 is 0 Å². The zero-order chi connectivity index (χ0) is 16.4. The van der Waals surface area contributed by atoms with Crippen molar-refractivity contribution in [3.05, 3.63) is 43.8 Å². The normalized spacial score (nSPS) is 16.4. The van der Waals surface area contributed by atoms with Crippen molar-refractivity contribution in [3.8, 4) is 0 Å². The van der Waals surface area contributed by atoms with Crippen LogP contribution in [0, 0.1) is 10.1 Å². The highest BCUT2D eigenvalue weighted by atomic mass is 35.5. The number of amides is 1. The molecule has 0 bridgehead atoms. The predicted octanol–water partition coefficient (Wildman–Crippen LogP) is 2.53. The first-order valence-corrected chi connectivity index (χ1v) is 7.31. The molecule has 0 radical (unpaired) electrons. The third-order valence-electron chi connectivity index (χ3n) is 2.63. The van der Waals surface area contributed by atoms with Crippen LogP contribution in [0.5, 0.6) is 0 Å². The molecule has 0 atom stereocenters. The molecule has 1 amide bonds. The molecule has 10 heteroatoms. The van der Waals surface area contributed by atoms with Crippen LogP contribution in [0.15, 0.2) is 23.1 Å². The Morgan fingerprint density at radius 1 is 1.55 bits per heavy atom. The van der Waals surface area contributed by atoms with Crippen LogP contribution in [0.2, 0.25) is 5.02 Å². The number of halogens is 1. The number of carbonyl (C=O) groups excluding carboxylic acids is 1. The van der Waals surface area contributed by atoms with Crippen molar-refractivity contribution < 1.29 is 19.6 Å². The molecule has 1 heterocycles. The number of carbonyl (C=O) groups is 2. The minimum absolute atomic E-state index is 0.0134. The van der Waals surface area contributed by atoms with Crippen LogP contribution in [0.3, 0.4) is 0 Å². The van der Waals surface area contributed by atoms with Gasteiger partial charge >= 0.3 is 5.97 Å². The Morgan fingerprint density at radius 3 is 2.82 bits per heavy atom. The highest BCUT2D eigenvalue weighted by molar-refractivity contribution is 8.26. The van der Waals surface area contributed by atoms with Crippen molar-refractivity contribution in [1.29, 1.82) is 0 Å². The number of hydrogen-bond donors (Lipinski definition) is 1. The molecule has 1 saturated heterocycles. The molecule has 1 N–H and O–H groups in total. The van der Waals surface area contributed by atoms with E-state index in [1.807, 2.05) is 0 Å². The van der Waals surface area contributed by atoms with E-state index in [4.69, 9.17) is 28.9 Å². The van der Waals surface area contributed by atoms with E-state index in [0.717, 1.165) is 16.7 Å². The monoisotopic (exact) mass is 358 g/mol. The zero-order valence-corrected chi connectivity index (χ0v) is 13.1. The van der Waals surface area contributed by atoms with Gasteiger partial charge in [-0.15, -0.1) is 0 Å². The molecular formula is C12H7ClN2O5S2. The van der Waals surface area contributed by atoms with Crippen molar-refractivity contribution in [1.82, 2.24) is 4.90 Å². The molecule has 0 unspecified atom stereocenters. The Hall–Kier alpha value is -1.97. The zero-order valence-electron chi connectivity index (χ0n) is 10.7. The maximum Gasteiger partial charge on any atom is 0.323 e. The van der Waals surface area contributed by atoms with Gasteiger partial charge in [0.1, 0.15) is 15.9 Å². The van der Waals surface area contributed by atoms with Crippen LogP contribution in [0.4, 0.5) is 5.69 Å². The molecule has 0 aliphatic carbocycles. The molecular weight excluding hydrogens is 352 g/mol. The van der Waals surface area contributed by atoms with Gasteiger partial charge in [-0.05, 0) is 17.7 Å². The summed E-state index contributed by atoms with van der Waals surface area (Å²) in [6.45, 7) is -0.525. The number of carboxylic acid groups (broad SMARTS) is 1. The standard InChI is InChI=1S/C12H7ClN2O5S2/c13-7-2-1-6(3-8(7)15(19)20)4-9-11(18)14(5-10(16)17)12(21)22-9/h1-4H,5H2,(H,16,17)/b9-4+. The molecule has 7 nitrogen and oxygen atoms in total. The lowest BCUT2D eigenvalue weighted by atomic mass is 10.2. The molecule has 2 rings (SSSR count). The SMILES string of the molecule is O=C(O)CN1C(=O)/C(=C\c2ccc(Cl)c([N+](=O)[O-])c2)SC1=S. The number of nitro groups is 1. The van der Waals surface area contributed by atoms with Crippen LogP contribution in [0.25, 0.3) is 6.08 Å². The van der Waals surface area contributed by atoms with E-state index in [1.165, 1.54) is 24.3 Å². The number of benzene rings is 1. The Labute approximate surface area is 138 Å². The van der Waals surface area contributed by atoms with E-state index in [-0.39, 0.29) is 19.9 Å². The first kappa shape index (κ1) is 16.4. The number of nitro benzene ring substituents is 1. The highest BCUT2D eigenvalue weighted by Crippen LogP contribution is 2.33. The molecule has 0 saturated carbocycles. The lowest BCUT2D eigenvalue weighted by Gasteiger charge is -2.10. The van der Waals surface area contributed by atoms with Crippen molar-refractivity contribution in [2.24, 2.45) is 0 Å². The summed E-state index contributed by atoms with van der Waals surface area (Å²) in [6.07, 6.45) is 1.41. The Morgan fingerprint density at radius 2 is 2.23 bits per heavy atom. The maximum absolute atomic E-state index is 12.1. The topological polar surface area (TPSA) is 101 Å². The number of nitrogens with zero attached hydrogens (tertiary/aromatic N) is 2. The minimum Gasteiger partial charge on any atom is -0.480 e. The van der Waals surface area contributed by atoms with Gasteiger partial charge in [-0.1, -0.05) is 41.6 Å². The quantitative estimate of drug-likeness (QED) is 0.382. The number of thiocarbonyl (C=S) groups is 1. The summed E-state index contributed by atoms with van der Waals surface area (Å²) in [5.41, 5.74) is 0.114. The number of rotatable bonds is 4. The van der Waals surface area contributed by atoms with Gasteiger partial charge in [0.05, 0.1) is 9.83 Å². The van der Waals surface area contributed by atoms with Gasteiger partial charge in [-0.3, -0.25) is 24.6 Å². The van der Waals surface area contributed by atoms with E-state index in [1.54, 1.807) is 0 Å². The Balaban J connectivity index is 2.33. The summed E-state index contributed by atoms with van der Waals surface area (Å²) in [4.78, 5) is 34.1. The number of hydrogen-bond acceptors (Lipinski definition) is 6. The van der Waals surface area contributed by atoms with Gasteiger partial charge in [-0.25, -0.2) is 0 Å². The van der Waals surface area contributed by atoms with Gasteiger partial charge in [-0.2, -0.15) is 0 Å². The van der Waals surface area contributed by atoms with E-state index < -0.39 is 23.3 Å². The number of carboxylic acids is 1. The van der Waals surface area contributed by atoms with Crippen molar-refractivity contribution in [2.75, 3.05) is 6.54 Å². The van der Waals surface area contributed by atoms with Gasteiger partial charge in [0.2, 0.25) is 0 Å². The number of thioether (sulfide) groups is 1. The minimum atomic E-state index is -1.18. The molecule has 114 valence electrons. The van der Waals surface area contributed by atoms with Gasteiger partial charge in [0.25, 0.3) is 11.6 Å². The third-order valence-corrected chi connectivity index (χ3v) is 4.33. The lowest BCUT2D eigenvalue weighted by molar-refractivity contribution is -0.384. The fourth-order valence-electron chi connectivity index (χ4n) is 1.68. The highest BCUT2D eigenvalue weighted by Gasteiger charge is 2.33. The molecule has 1 aliphatic rings. The second kappa shape index (κ2) is 6.42. The van der Waals surface area contributed by atoms with Gasteiger partial charge < -0.3 is 5.11 Å². The molecule has 1 fully saturated rings. The Bertz CT molecular complexity index is 734. The summed E-state index contributed by atoms with van der Waals surface area (Å²) in [7, 11) is 0. The average molecular weight is 359 g/mol. The fraction of sp³-hybridized carbons (Fsp3) is 0.0833. The summed E-state index contributed by atoms with van der Waals surface area (Å²) in [6, 6.07) is 4.09. The molecule has 22 heavy (non-hydrogen) atoms. The van der Waals surface area contributed by atoms with E-state index in [9.17, 15) is 19.7 Å². The van der Waals surface area contributed by atoms with E-state index in [0.29, 0.717) is 5.56 Å². The average Bonchev–Trinajstić information content (AvgIpc) is 2.68. The van der Waals surface area contributed by atoms with Crippen molar-refractivity contribution in [3.63, 3.8) is 0 Å². The first-order chi connectivity index (χ1) is 10.3. The third kappa shape index (κ3) is 3.43. The van der Waals surface area contributed by atoms with Crippen LogP contribution in [0.1, 0.15) is 5.56 Å². The van der Waals surface area contributed by atoms with Gasteiger partial charge in [0, 0.05) is 6.07 Å². The summed E-state index contributed by atoms with van der Waals surface area (Å²) < 4.78 is 0.127. The summed E-state index contributed by atoms with van der Waals surface area (Å²) >= 11 is 11.6. The molecule has 0 spiro atoms. The molecule has 1 aromatic carbocycles. The van der Waals surface area contributed by atoms with Crippen LogP contribution in [-0.2, 0) is 9.59 Å². The van der Waals surface area contributed by atoms with Crippen molar-refractivity contribution in [2.45, 2.75) is 0 Å². The number of aliphatic carboxylic acids is 1. The summed E-state index contributed by atoms with van der Waals surface area (Å²) in [5.74, 6) is -1.73. The second-order valence-corrected chi connectivity index (χ2v) is 6.21. The largest absolute Gasteiger partial charge is 0.480 e. The van der Waals surface area contributed by atoms with Crippen LogP contribution in [-0.4, -0.2) is 37.7 Å². The van der Waals surface area contributed by atoms with Gasteiger partial charge in [0.15, 0.2) is 0 Å². The maximum atomic E-state index is 12.1. The fourth-order valence-corrected chi connectivity index (χ4v) is 3.12. The lowest BCUT2D eigenvalue weighted by Crippen LogP contribution is -2.33. The smallest absolute Gasteiger partial charge is 0.323 e. The Kier molecular flexibility index (Phi) is 4.79. The molecule has 1 aliphatic heterocycles. The van der Waals surface area contributed by atoms with E-state index in [2.05, 4.69) is 0 Å². The second-order valence-electron chi connectivity index (χ2n) is 4.13. The van der Waals surface area contributed by atoms with E-state index >= 15 is 0 Å². The van der Waals surface area contributed by atoms with Crippen LogP contribution >= 0.6 is 35.6 Å². The predicted molar refractivity (Wildman–Crippen MR) is 85.6 cm³/mol. The van der Waals surface area contributed by atoms with Crippen molar-refractivity contribution >= 4 is 63.5 Å². The molecule has 1 aromatic rings. The summed E-state index contributed by atoms with van der Waals surface area (Å²) in [5, 5.41) is 19.6. The first-order valence-electron chi connectivity index (χ1n) is 5.70. The molecule has 0 aromatic heterocycles.